The summed E-state index contributed by atoms with van der Waals surface area (Å²) >= 11 is 0. The van der Waals surface area contributed by atoms with Gasteiger partial charge in [0.15, 0.2) is 0 Å². The minimum atomic E-state index is -4.44. The van der Waals surface area contributed by atoms with Crippen LogP contribution >= 0.6 is 0 Å². The number of ether oxygens (including phenoxy) is 1. The van der Waals surface area contributed by atoms with Gasteiger partial charge >= 0.3 is 6.18 Å². The first-order chi connectivity index (χ1) is 15.7. The van der Waals surface area contributed by atoms with Crippen LogP contribution in [-0.4, -0.2) is 65.3 Å². The van der Waals surface area contributed by atoms with Crippen LogP contribution in [0.4, 0.5) is 19.0 Å². The van der Waals surface area contributed by atoms with Gasteiger partial charge in [0, 0.05) is 57.6 Å². The molecule has 2 aliphatic heterocycles. The molecule has 2 fully saturated rings. The molecule has 180 valence electrons. The zero-order chi connectivity index (χ0) is 23.5. The van der Waals surface area contributed by atoms with E-state index in [1.54, 1.807) is 0 Å². The molecule has 0 bridgehead atoms. The SMILES string of the molecule is CC1(C)CC(CNc2ncccc2C(F)(F)F)(N2CCN(Cc3ccccc3)CC2)CCO1. The maximum Gasteiger partial charge on any atom is 0.419 e. The van der Waals surface area contributed by atoms with Crippen molar-refractivity contribution in [3.05, 3.63) is 59.8 Å². The number of alkyl halides is 3. The largest absolute Gasteiger partial charge is 0.419 e. The highest BCUT2D eigenvalue weighted by atomic mass is 19.4. The van der Waals surface area contributed by atoms with E-state index < -0.39 is 11.7 Å². The van der Waals surface area contributed by atoms with E-state index in [4.69, 9.17) is 4.74 Å². The van der Waals surface area contributed by atoms with Gasteiger partial charge < -0.3 is 10.1 Å². The Balaban J connectivity index is 1.48. The zero-order valence-corrected chi connectivity index (χ0v) is 19.4. The lowest BCUT2D eigenvalue weighted by molar-refractivity contribution is -0.137. The third-order valence-electron chi connectivity index (χ3n) is 6.81. The van der Waals surface area contributed by atoms with Gasteiger partial charge in [-0.05, 0) is 44.4 Å². The van der Waals surface area contributed by atoms with E-state index in [-0.39, 0.29) is 17.0 Å². The van der Waals surface area contributed by atoms with Crippen LogP contribution in [0.1, 0.15) is 37.8 Å². The highest BCUT2D eigenvalue weighted by molar-refractivity contribution is 5.46. The molecule has 1 unspecified atom stereocenters. The van der Waals surface area contributed by atoms with Gasteiger partial charge in [-0.25, -0.2) is 4.98 Å². The highest BCUT2D eigenvalue weighted by Gasteiger charge is 2.46. The summed E-state index contributed by atoms with van der Waals surface area (Å²) in [5.74, 6) is -0.101. The molecule has 2 saturated heterocycles. The maximum absolute atomic E-state index is 13.5. The summed E-state index contributed by atoms with van der Waals surface area (Å²) in [7, 11) is 0. The number of aromatic nitrogens is 1. The number of halogens is 3. The minimum Gasteiger partial charge on any atom is -0.375 e. The first-order valence-electron chi connectivity index (χ1n) is 11.6. The maximum atomic E-state index is 13.5. The molecule has 0 amide bonds. The van der Waals surface area contributed by atoms with Crippen molar-refractivity contribution < 1.29 is 17.9 Å². The summed E-state index contributed by atoms with van der Waals surface area (Å²) in [4.78, 5) is 8.91. The monoisotopic (exact) mass is 462 g/mol. The molecule has 0 spiro atoms. The first-order valence-corrected chi connectivity index (χ1v) is 11.6. The summed E-state index contributed by atoms with van der Waals surface area (Å²) in [6, 6.07) is 12.8. The standard InChI is InChI=1S/C25H33F3N4O/c1-23(2)18-24(10-16-33-23,19-30-22-21(25(26,27)28)9-6-11-29-22)32-14-12-31(13-15-32)17-20-7-4-3-5-8-20/h3-9,11H,10,12-19H2,1-2H3,(H,29,30). The molecule has 1 aromatic carbocycles. The van der Waals surface area contributed by atoms with Gasteiger partial charge in [-0.1, -0.05) is 30.3 Å². The number of anilines is 1. The fraction of sp³-hybridized carbons (Fsp3) is 0.560. The lowest BCUT2D eigenvalue weighted by atomic mass is 9.79. The van der Waals surface area contributed by atoms with E-state index in [0.717, 1.165) is 51.6 Å². The van der Waals surface area contributed by atoms with Crippen LogP contribution in [0.5, 0.6) is 0 Å². The predicted molar refractivity (Wildman–Crippen MR) is 123 cm³/mol. The van der Waals surface area contributed by atoms with E-state index >= 15 is 0 Å². The van der Waals surface area contributed by atoms with Gasteiger partial charge in [0.05, 0.1) is 11.2 Å². The smallest absolute Gasteiger partial charge is 0.375 e. The molecule has 1 aromatic heterocycles. The molecular formula is C25H33F3N4O. The molecule has 0 radical (unpaired) electrons. The number of rotatable bonds is 6. The second-order valence-electron chi connectivity index (χ2n) is 9.76. The average molecular weight is 463 g/mol. The number of nitrogens with one attached hydrogen (secondary N) is 1. The second-order valence-corrected chi connectivity index (χ2v) is 9.76. The Labute approximate surface area is 193 Å². The van der Waals surface area contributed by atoms with Crippen molar-refractivity contribution in [2.75, 3.05) is 44.6 Å². The molecular weight excluding hydrogens is 429 g/mol. The second kappa shape index (κ2) is 9.60. The average Bonchev–Trinajstić information content (AvgIpc) is 2.78. The molecule has 1 atom stereocenters. The van der Waals surface area contributed by atoms with Crippen molar-refractivity contribution in [1.82, 2.24) is 14.8 Å². The number of nitrogens with zero attached hydrogens (tertiary/aromatic N) is 3. The van der Waals surface area contributed by atoms with E-state index in [9.17, 15) is 13.2 Å². The van der Waals surface area contributed by atoms with Gasteiger partial charge in [0.2, 0.25) is 0 Å². The molecule has 5 nitrogen and oxygen atoms in total. The number of piperazine rings is 1. The Bertz CT molecular complexity index is 913. The Hall–Kier alpha value is -2.16. The molecule has 8 heteroatoms. The first kappa shape index (κ1) is 24.0. The fourth-order valence-electron chi connectivity index (χ4n) is 5.23. The van der Waals surface area contributed by atoms with E-state index in [1.807, 2.05) is 6.07 Å². The zero-order valence-electron chi connectivity index (χ0n) is 19.4. The van der Waals surface area contributed by atoms with Gasteiger partial charge in [0.25, 0.3) is 0 Å². The van der Waals surface area contributed by atoms with Crippen LogP contribution in [-0.2, 0) is 17.5 Å². The quantitative estimate of drug-likeness (QED) is 0.676. The van der Waals surface area contributed by atoms with Crippen molar-refractivity contribution >= 4 is 5.82 Å². The van der Waals surface area contributed by atoms with Gasteiger partial charge in [-0.2, -0.15) is 13.2 Å². The van der Waals surface area contributed by atoms with Gasteiger partial charge in [-0.15, -0.1) is 0 Å². The summed E-state index contributed by atoms with van der Waals surface area (Å²) in [5.41, 5.74) is -0.0532. The van der Waals surface area contributed by atoms with Crippen molar-refractivity contribution in [3.63, 3.8) is 0 Å². The third-order valence-corrected chi connectivity index (χ3v) is 6.81. The summed E-state index contributed by atoms with van der Waals surface area (Å²) in [6.45, 7) is 9.63. The minimum absolute atomic E-state index is 0.101. The molecule has 2 aliphatic rings. The topological polar surface area (TPSA) is 40.6 Å². The van der Waals surface area contributed by atoms with Gasteiger partial charge in [-0.3, -0.25) is 9.80 Å². The summed E-state index contributed by atoms with van der Waals surface area (Å²) in [5, 5.41) is 3.07. The van der Waals surface area contributed by atoms with E-state index in [1.165, 1.54) is 17.8 Å². The Morgan fingerprint density at radius 1 is 1.03 bits per heavy atom. The molecule has 1 N–H and O–H groups in total. The molecule has 0 aliphatic carbocycles. The van der Waals surface area contributed by atoms with Crippen LogP contribution in [0, 0.1) is 0 Å². The van der Waals surface area contributed by atoms with Crippen LogP contribution in [0.25, 0.3) is 0 Å². The number of benzene rings is 1. The van der Waals surface area contributed by atoms with Crippen molar-refractivity contribution in [3.8, 4) is 0 Å². The Kier molecular flexibility index (Phi) is 6.98. The van der Waals surface area contributed by atoms with E-state index in [0.29, 0.717) is 13.2 Å². The Morgan fingerprint density at radius 2 is 1.76 bits per heavy atom. The van der Waals surface area contributed by atoms with Crippen molar-refractivity contribution in [2.24, 2.45) is 0 Å². The van der Waals surface area contributed by atoms with Gasteiger partial charge in [0.1, 0.15) is 5.82 Å². The summed E-state index contributed by atoms with van der Waals surface area (Å²) in [6.07, 6.45) is -1.52. The lowest BCUT2D eigenvalue weighted by Gasteiger charge is -2.53. The van der Waals surface area contributed by atoms with Crippen LogP contribution < -0.4 is 5.32 Å². The molecule has 0 saturated carbocycles. The number of hydrogen-bond acceptors (Lipinski definition) is 5. The van der Waals surface area contributed by atoms with Crippen molar-refractivity contribution in [2.45, 2.75) is 50.6 Å². The number of pyridine rings is 1. The fourth-order valence-corrected chi connectivity index (χ4v) is 5.23. The molecule has 2 aromatic rings. The predicted octanol–water partition coefficient (Wildman–Crippen LogP) is 4.66. The van der Waals surface area contributed by atoms with Crippen molar-refractivity contribution in [1.29, 1.82) is 0 Å². The highest BCUT2D eigenvalue weighted by Crippen LogP contribution is 2.39. The van der Waals surface area contributed by atoms with Crippen LogP contribution in [0.2, 0.25) is 0 Å². The normalized spacial score (nSPS) is 24.5. The Morgan fingerprint density at radius 3 is 2.42 bits per heavy atom. The molecule has 3 heterocycles. The van der Waals surface area contributed by atoms with Crippen LogP contribution in [0.15, 0.2) is 48.7 Å². The third kappa shape index (κ3) is 5.86. The van der Waals surface area contributed by atoms with Crippen LogP contribution in [0.3, 0.4) is 0 Å². The molecule has 4 rings (SSSR count). The summed E-state index contributed by atoms with van der Waals surface area (Å²) < 4.78 is 46.5. The van der Waals surface area contributed by atoms with E-state index in [2.05, 4.69) is 58.2 Å². The molecule has 33 heavy (non-hydrogen) atoms. The number of hydrogen-bond donors (Lipinski definition) is 1. The lowest BCUT2D eigenvalue weighted by Crippen LogP contribution is -2.64.